The van der Waals surface area contributed by atoms with E-state index in [0.29, 0.717) is 28.8 Å². The van der Waals surface area contributed by atoms with Crippen LogP contribution in [0.5, 0.6) is 0 Å². The van der Waals surface area contributed by atoms with Crippen molar-refractivity contribution in [2.75, 3.05) is 12.3 Å². The van der Waals surface area contributed by atoms with Crippen LogP contribution in [0.25, 0.3) is 0 Å². The highest BCUT2D eigenvalue weighted by Crippen LogP contribution is 2.25. The third-order valence-electron chi connectivity index (χ3n) is 5.87. The number of thioether (sulfide) groups is 1. The van der Waals surface area contributed by atoms with Gasteiger partial charge in [0.2, 0.25) is 11.8 Å². The van der Waals surface area contributed by atoms with Gasteiger partial charge in [-0.15, -0.1) is 11.8 Å². The summed E-state index contributed by atoms with van der Waals surface area (Å²) >= 11 is 13.7. The molecule has 3 aromatic rings. The molecule has 8 heteroatoms. The molecular formula is C29H31Cl2FN2O2S. The fraction of sp³-hybridized carbons (Fsp3) is 0.310. The number of nitrogens with one attached hydrogen (secondary N) is 1. The highest BCUT2D eigenvalue weighted by Gasteiger charge is 2.30. The number of nitrogens with zero attached hydrogens (tertiary/aromatic N) is 1. The zero-order valence-corrected chi connectivity index (χ0v) is 23.1. The van der Waals surface area contributed by atoms with Crippen LogP contribution in [0.15, 0.2) is 72.8 Å². The van der Waals surface area contributed by atoms with Gasteiger partial charge >= 0.3 is 0 Å². The zero-order valence-electron chi connectivity index (χ0n) is 20.8. The van der Waals surface area contributed by atoms with Gasteiger partial charge in [0.05, 0.1) is 5.75 Å². The fourth-order valence-electron chi connectivity index (χ4n) is 3.82. The Balaban J connectivity index is 1.83. The van der Waals surface area contributed by atoms with Crippen molar-refractivity contribution in [3.63, 3.8) is 0 Å². The second-order valence-electron chi connectivity index (χ2n) is 8.73. The molecule has 0 unspecified atom stereocenters. The lowest BCUT2D eigenvalue weighted by atomic mass is 10.0. The number of hydrogen-bond donors (Lipinski definition) is 1. The maximum Gasteiger partial charge on any atom is 0.243 e. The zero-order chi connectivity index (χ0) is 26.6. The smallest absolute Gasteiger partial charge is 0.243 e. The van der Waals surface area contributed by atoms with Gasteiger partial charge in [-0.1, -0.05) is 85.1 Å². The number of halogens is 3. The largest absolute Gasteiger partial charge is 0.354 e. The number of carbonyl (C=O) groups is 2. The van der Waals surface area contributed by atoms with Crippen molar-refractivity contribution < 1.29 is 14.0 Å². The first-order chi connectivity index (χ1) is 17.9. The van der Waals surface area contributed by atoms with Gasteiger partial charge in [-0.05, 0) is 47.4 Å². The van der Waals surface area contributed by atoms with Gasteiger partial charge in [0.1, 0.15) is 11.9 Å². The fourth-order valence-corrected chi connectivity index (χ4v) is 5.29. The van der Waals surface area contributed by atoms with E-state index in [4.69, 9.17) is 23.2 Å². The van der Waals surface area contributed by atoms with Crippen LogP contribution in [0.1, 0.15) is 36.5 Å². The van der Waals surface area contributed by atoms with Gasteiger partial charge in [0.15, 0.2) is 0 Å². The predicted octanol–water partition coefficient (Wildman–Crippen LogP) is 6.92. The summed E-state index contributed by atoms with van der Waals surface area (Å²) in [6.07, 6.45) is 2.18. The van der Waals surface area contributed by atoms with Crippen LogP contribution in [-0.2, 0) is 28.3 Å². The average molecular weight is 562 g/mol. The van der Waals surface area contributed by atoms with Crippen molar-refractivity contribution in [3.8, 4) is 0 Å². The van der Waals surface area contributed by atoms with E-state index in [-0.39, 0.29) is 29.9 Å². The second kappa shape index (κ2) is 15.0. The molecule has 0 saturated heterocycles. The molecule has 0 saturated carbocycles. The molecule has 0 aliphatic carbocycles. The summed E-state index contributed by atoms with van der Waals surface area (Å²) in [6.45, 7) is 2.80. The molecule has 0 bridgehead atoms. The molecule has 0 fully saturated rings. The van der Waals surface area contributed by atoms with E-state index in [1.165, 1.54) is 23.9 Å². The number of hydrogen-bond acceptors (Lipinski definition) is 3. The number of unbranched alkanes of at least 4 members (excludes halogenated alkanes) is 1. The van der Waals surface area contributed by atoms with E-state index in [9.17, 15) is 14.0 Å². The van der Waals surface area contributed by atoms with Crippen LogP contribution in [0.3, 0.4) is 0 Å². The molecule has 0 spiro atoms. The topological polar surface area (TPSA) is 49.4 Å². The van der Waals surface area contributed by atoms with Crippen molar-refractivity contribution in [2.45, 2.75) is 44.5 Å². The third-order valence-corrected chi connectivity index (χ3v) is 7.42. The Bertz CT molecular complexity index is 1160. The summed E-state index contributed by atoms with van der Waals surface area (Å²) in [5, 5.41) is 4.10. The van der Waals surface area contributed by atoms with Gasteiger partial charge in [0.25, 0.3) is 0 Å². The Labute approximate surface area is 232 Å². The SMILES string of the molecule is CCCCNC(=O)[C@H](Cc1ccccc1)N(Cc1ccc(F)cc1)C(=O)CSCc1ccc(Cl)cc1Cl. The Hall–Kier alpha value is -2.54. The lowest BCUT2D eigenvalue weighted by Crippen LogP contribution is -2.51. The van der Waals surface area contributed by atoms with Gasteiger partial charge < -0.3 is 10.2 Å². The number of amides is 2. The summed E-state index contributed by atoms with van der Waals surface area (Å²) < 4.78 is 13.5. The molecule has 1 atom stereocenters. The highest BCUT2D eigenvalue weighted by atomic mass is 35.5. The standard InChI is InChI=1S/C29H31Cl2FN2O2S/c1-2-3-15-33-29(36)27(16-21-7-5-4-6-8-21)34(18-22-9-13-25(32)14-10-22)28(35)20-37-19-23-11-12-24(30)17-26(23)31/h4-14,17,27H,2-3,15-16,18-20H2,1H3,(H,33,36)/t27-/m0/s1. The molecule has 0 aliphatic rings. The van der Waals surface area contributed by atoms with Gasteiger partial charge in [-0.3, -0.25) is 9.59 Å². The molecule has 0 heterocycles. The molecule has 196 valence electrons. The van der Waals surface area contributed by atoms with Gasteiger partial charge in [0, 0.05) is 35.3 Å². The summed E-state index contributed by atoms with van der Waals surface area (Å²) in [5.74, 6) is -0.0362. The van der Waals surface area contributed by atoms with E-state index in [2.05, 4.69) is 12.2 Å². The number of rotatable bonds is 13. The van der Waals surface area contributed by atoms with Crippen molar-refractivity contribution in [1.82, 2.24) is 10.2 Å². The van der Waals surface area contributed by atoms with Gasteiger partial charge in [-0.25, -0.2) is 4.39 Å². The molecule has 4 nitrogen and oxygen atoms in total. The Morgan fingerprint density at radius 2 is 1.73 bits per heavy atom. The van der Waals surface area contributed by atoms with E-state index >= 15 is 0 Å². The minimum absolute atomic E-state index is 0.160. The summed E-state index contributed by atoms with van der Waals surface area (Å²) in [6, 6.07) is 20.2. The maximum atomic E-state index is 13.6. The maximum absolute atomic E-state index is 13.6. The van der Waals surface area contributed by atoms with Crippen molar-refractivity contribution in [2.24, 2.45) is 0 Å². The quantitative estimate of drug-likeness (QED) is 0.231. The van der Waals surface area contributed by atoms with E-state index in [1.807, 2.05) is 36.4 Å². The molecule has 37 heavy (non-hydrogen) atoms. The van der Waals surface area contributed by atoms with Gasteiger partial charge in [-0.2, -0.15) is 0 Å². The Morgan fingerprint density at radius 3 is 2.41 bits per heavy atom. The minimum atomic E-state index is -0.712. The van der Waals surface area contributed by atoms with Crippen molar-refractivity contribution >= 4 is 46.8 Å². The normalized spacial score (nSPS) is 11.7. The first-order valence-electron chi connectivity index (χ1n) is 12.2. The Kier molecular flexibility index (Phi) is 11.8. The van der Waals surface area contributed by atoms with E-state index in [0.717, 1.165) is 29.5 Å². The number of benzene rings is 3. The second-order valence-corrected chi connectivity index (χ2v) is 10.6. The van der Waals surface area contributed by atoms with E-state index < -0.39 is 6.04 Å². The Morgan fingerprint density at radius 1 is 1.00 bits per heavy atom. The minimum Gasteiger partial charge on any atom is -0.354 e. The predicted molar refractivity (Wildman–Crippen MR) is 151 cm³/mol. The average Bonchev–Trinajstić information content (AvgIpc) is 2.89. The molecule has 0 radical (unpaired) electrons. The van der Waals surface area contributed by atoms with Crippen LogP contribution >= 0.6 is 35.0 Å². The highest BCUT2D eigenvalue weighted by molar-refractivity contribution is 7.99. The van der Waals surface area contributed by atoms with Crippen molar-refractivity contribution in [3.05, 3.63) is 105 Å². The monoisotopic (exact) mass is 560 g/mol. The molecule has 1 N–H and O–H groups in total. The van der Waals surface area contributed by atoms with Crippen LogP contribution < -0.4 is 5.32 Å². The molecule has 2 amide bonds. The molecular weight excluding hydrogens is 530 g/mol. The lowest BCUT2D eigenvalue weighted by Gasteiger charge is -2.31. The number of carbonyl (C=O) groups excluding carboxylic acids is 2. The summed E-state index contributed by atoms with van der Waals surface area (Å²) in [4.78, 5) is 28.6. The summed E-state index contributed by atoms with van der Waals surface area (Å²) in [7, 11) is 0. The summed E-state index contributed by atoms with van der Waals surface area (Å²) in [5.41, 5.74) is 2.59. The van der Waals surface area contributed by atoms with Crippen LogP contribution in [0.4, 0.5) is 4.39 Å². The molecule has 0 aliphatic heterocycles. The van der Waals surface area contributed by atoms with Crippen LogP contribution in [0.2, 0.25) is 10.0 Å². The van der Waals surface area contributed by atoms with E-state index in [1.54, 1.807) is 29.2 Å². The molecule has 3 rings (SSSR count). The van der Waals surface area contributed by atoms with Crippen LogP contribution in [0, 0.1) is 5.82 Å². The first kappa shape index (κ1) is 29.0. The first-order valence-corrected chi connectivity index (χ1v) is 14.2. The van der Waals surface area contributed by atoms with Crippen molar-refractivity contribution in [1.29, 1.82) is 0 Å². The molecule has 3 aromatic carbocycles. The molecule has 0 aromatic heterocycles. The third kappa shape index (κ3) is 9.37. The lowest BCUT2D eigenvalue weighted by molar-refractivity contribution is -0.139. The van der Waals surface area contributed by atoms with Crippen LogP contribution in [-0.4, -0.2) is 35.1 Å².